The van der Waals surface area contributed by atoms with E-state index in [0.29, 0.717) is 39.9 Å². The molecule has 1 aromatic carbocycles. The molecule has 1 unspecified atom stereocenters. The molecular weight excluding hydrogens is 400 g/mol. The van der Waals surface area contributed by atoms with E-state index in [1.807, 2.05) is 5.38 Å². The molecule has 1 fully saturated rings. The lowest BCUT2D eigenvalue weighted by molar-refractivity contribution is -0.120. The second-order valence-corrected chi connectivity index (χ2v) is 8.69. The van der Waals surface area contributed by atoms with E-state index in [2.05, 4.69) is 15.3 Å². The van der Waals surface area contributed by atoms with Crippen LogP contribution < -0.4 is 15.6 Å². The third-order valence-electron chi connectivity index (χ3n) is 5.84. The fourth-order valence-electron chi connectivity index (χ4n) is 4.33. The van der Waals surface area contributed by atoms with Crippen LogP contribution in [-0.2, 0) is 4.79 Å². The highest BCUT2D eigenvalue weighted by Crippen LogP contribution is 2.32. The molecule has 7 nitrogen and oxygen atoms in total. The summed E-state index contributed by atoms with van der Waals surface area (Å²) in [5.41, 5.74) is 0.387. The summed E-state index contributed by atoms with van der Waals surface area (Å²) in [5, 5.41) is 5.70. The van der Waals surface area contributed by atoms with Crippen molar-refractivity contribution < 1.29 is 9.53 Å². The lowest BCUT2D eigenvalue weighted by Gasteiger charge is -2.28. The molecule has 4 rings (SSSR count). The molecule has 1 aliphatic carbocycles. The molecule has 0 bridgehead atoms. The van der Waals surface area contributed by atoms with Crippen molar-refractivity contribution >= 4 is 33.3 Å². The molecule has 1 aliphatic rings. The summed E-state index contributed by atoms with van der Waals surface area (Å²) in [6.45, 7) is 1.79. The fourth-order valence-corrected chi connectivity index (χ4v) is 4.86. The minimum Gasteiger partial charge on any atom is -0.497 e. The minimum atomic E-state index is -0.632. The van der Waals surface area contributed by atoms with Crippen molar-refractivity contribution in [3.05, 3.63) is 46.0 Å². The van der Waals surface area contributed by atoms with Crippen LogP contribution in [0.1, 0.15) is 50.4 Å². The molecule has 2 aromatic heterocycles. The zero-order valence-electron chi connectivity index (χ0n) is 17.3. The average molecular weight is 427 g/mol. The average Bonchev–Trinajstić information content (AvgIpc) is 3.26. The lowest BCUT2D eigenvalue weighted by atomic mass is 9.84. The van der Waals surface area contributed by atoms with Crippen LogP contribution in [0, 0.1) is 12.8 Å². The molecule has 1 atom stereocenters. The summed E-state index contributed by atoms with van der Waals surface area (Å²) in [7, 11) is 1.56. The topological polar surface area (TPSA) is 86.1 Å². The van der Waals surface area contributed by atoms with E-state index in [1.54, 1.807) is 43.0 Å². The van der Waals surface area contributed by atoms with Gasteiger partial charge in [-0.2, -0.15) is 0 Å². The Morgan fingerprint density at radius 3 is 2.83 bits per heavy atom. The van der Waals surface area contributed by atoms with Gasteiger partial charge in [-0.1, -0.05) is 32.1 Å². The van der Waals surface area contributed by atoms with Gasteiger partial charge in [0.1, 0.15) is 17.6 Å². The largest absolute Gasteiger partial charge is 0.497 e. The Morgan fingerprint density at radius 2 is 2.13 bits per heavy atom. The zero-order valence-corrected chi connectivity index (χ0v) is 18.1. The van der Waals surface area contributed by atoms with Crippen LogP contribution in [0.4, 0.5) is 5.13 Å². The van der Waals surface area contributed by atoms with Gasteiger partial charge in [0.25, 0.3) is 5.56 Å². The van der Waals surface area contributed by atoms with Crippen molar-refractivity contribution in [2.45, 2.75) is 51.5 Å². The van der Waals surface area contributed by atoms with Crippen molar-refractivity contribution in [2.24, 2.45) is 5.92 Å². The summed E-state index contributed by atoms with van der Waals surface area (Å²) in [5.74, 6) is 1.32. The molecule has 2 heterocycles. The number of fused-ring (bicyclic) bond motifs is 1. The highest BCUT2D eigenvalue weighted by Gasteiger charge is 2.29. The van der Waals surface area contributed by atoms with E-state index < -0.39 is 6.04 Å². The number of nitrogens with one attached hydrogen (secondary N) is 1. The van der Waals surface area contributed by atoms with Gasteiger partial charge in [0.2, 0.25) is 5.91 Å². The maximum absolute atomic E-state index is 13.5. The van der Waals surface area contributed by atoms with Gasteiger partial charge in [0, 0.05) is 11.6 Å². The number of carbonyl (C=O) groups excluding carboxylic acids is 1. The number of anilines is 1. The lowest BCUT2D eigenvalue weighted by Crippen LogP contribution is -2.37. The Labute approximate surface area is 179 Å². The van der Waals surface area contributed by atoms with E-state index in [4.69, 9.17) is 4.74 Å². The van der Waals surface area contributed by atoms with Gasteiger partial charge in [0.15, 0.2) is 5.13 Å². The van der Waals surface area contributed by atoms with E-state index >= 15 is 0 Å². The van der Waals surface area contributed by atoms with Gasteiger partial charge in [0.05, 0.1) is 18.0 Å². The first-order chi connectivity index (χ1) is 14.6. The van der Waals surface area contributed by atoms with Crippen LogP contribution in [0.3, 0.4) is 0 Å². The molecule has 3 aromatic rings. The molecule has 1 N–H and O–H groups in total. The van der Waals surface area contributed by atoms with Gasteiger partial charge < -0.3 is 10.1 Å². The van der Waals surface area contributed by atoms with Crippen molar-refractivity contribution in [1.29, 1.82) is 0 Å². The number of methoxy groups -OCH3 is 1. The number of benzene rings is 1. The van der Waals surface area contributed by atoms with Gasteiger partial charge in [-0.25, -0.2) is 9.97 Å². The highest BCUT2D eigenvalue weighted by atomic mass is 32.1. The van der Waals surface area contributed by atoms with Crippen molar-refractivity contribution in [1.82, 2.24) is 14.5 Å². The standard InChI is InChI=1S/C22H26N4O3S/c1-14-24-18-9-8-16(29-2)13-17(18)21(28)26(14)19(12-15-6-4-3-5-7-15)20(27)25-22-23-10-11-30-22/h8-11,13,15,19H,3-7,12H2,1-2H3,(H,23,25,27). The summed E-state index contributed by atoms with van der Waals surface area (Å²) in [6.07, 6.45) is 8.03. The van der Waals surface area contributed by atoms with Crippen LogP contribution in [0.25, 0.3) is 10.9 Å². The smallest absolute Gasteiger partial charge is 0.262 e. The number of amides is 1. The number of aryl methyl sites for hydroxylation is 1. The molecule has 0 aliphatic heterocycles. The Balaban J connectivity index is 1.77. The van der Waals surface area contributed by atoms with Crippen molar-refractivity contribution in [3.8, 4) is 5.75 Å². The molecule has 8 heteroatoms. The number of carbonyl (C=O) groups is 1. The number of hydrogen-bond donors (Lipinski definition) is 1. The fraction of sp³-hybridized carbons (Fsp3) is 0.455. The normalized spacial score (nSPS) is 15.8. The third-order valence-corrected chi connectivity index (χ3v) is 6.53. The molecule has 0 saturated heterocycles. The second-order valence-electron chi connectivity index (χ2n) is 7.80. The predicted molar refractivity (Wildman–Crippen MR) is 118 cm³/mol. The number of ether oxygens (including phenoxy) is 1. The molecule has 30 heavy (non-hydrogen) atoms. The predicted octanol–water partition coefficient (Wildman–Crippen LogP) is 4.32. The van der Waals surface area contributed by atoms with Crippen LogP contribution in [-0.4, -0.2) is 27.6 Å². The van der Waals surface area contributed by atoms with E-state index in [9.17, 15) is 9.59 Å². The number of aromatic nitrogens is 3. The number of thiazole rings is 1. The second kappa shape index (κ2) is 8.95. The molecule has 0 radical (unpaired) electrons. The number of nitrogens with zero attached hydrogens (tertiary/aromatic N) is 3. The SMILES string of the molecule is COc1ccc2nc(C)n(C(CC3CCCCC3)C(=O)Nc3nccs3)c(=O)c2c1. The van der Waals surface area contributed by atoms with E-state index in [1.165, 1.54) is 30.6 Å². The summed E-state index contributed by atoms with van der Waals surface area (Å²) in [6, 6.07) is 4.62. The van der Waals surface area contributed by atoms with Crippen LogP contribution >= 0.6 is 11.3 Å². The first-order valence-electron chi connectivity index (χ1n) is 10.3. The quantitative estimate of drug-likeness (QED) is 0.634. The maximum atomic E-state index is 13.5. The monoisotopic (exact) mass is 426 g/mol. The van der Waals surface area contributed by atoms with E-state index in [0.717, 1.165) is 12.8 Å². The van der Waals surface area contributed by atoms with Gasteiger partial charge in [-0.3, -0.25) is 14.2 Å². The first kappa shape index (κ1) is 20.5. The number of rotatable bonds is 6. The molecular formula is C22H26N4O3S. The molecule has 0 spiro atoms. The highest BCUT2D eigenvalue weighted by molar-refractivity contribution is 7.13. The zero-order chi connectivity index (χ0) is 21.1. The Kier molecular flexibility index (Phi) is 6.13. The molecule has 1 amide bonds. The van der Waals surface area contributed by atoms with Crippen LogP contribution in [0.5, 0.6) is 5.75 Å². The van der Waals surface area contributed by atoms with Gasteiger partial charge in [-0.05, 0) is 37.5 Å². The summed E-state index contributed by atoms with van der Waals surface area (Å²) >= 11 is 1.36. The molecule has 158 valence electrons. The molecule has 1 saturated carbocycles. The maximum Gasteiger partial charge on any atom is 0.262 e. The Morgan fingerprint density at radius 1 is 1.33 bits per heavy atom. The number of hydrogen-bond acceptors (Lipinski definition) is 6. The summed E-state index contributed by atoms with van der Waals surface area (Å²) < 4.78 is 6.84. The minimum absolute atomic E-state index is 0.216. The van der Waals surface area contributed by atoms with Gasteiger partial charge >= 0.3 is 0 Å². The van der Waals surface area contributed by atoms with E-state index in [-0.39, 0.29) is 11.5 Å². The first-order valence-corrected chi connectivity index (χ1v) is 11.2. The van der Waals surface area contributed by atoms with Crippen LogP contribution in [0.2, 0.25) is 0 Å². The summed E-state index contributed by atoms with van der Waals surface area (Å²) in [4.78, 5) is 35.6. The van der Waals surface area contributed by atoms with Crippen molar-refractivity contribution in [2.75, 3.05) is 12.4 Å². The van der Waals surface area contributed by atoms with Gasteiger partial charge in [-0.15, -0.1) is 11.3 Å². The third kappa shape index (κ3) is 4.23. The van der Waals surface area contributed by atoms with Crippen LogP contribution in [0.15, 0.2) is 34.6 Å². The Bertz CT molecular complexity index is 1090. The van der Waals surface area contributed by atoms with Crippen molar-refractivity contribution in [3.63, 3.8) is 0 Å². The Hall–Kier alpha value is -2.74.